The molecule has 0 spiro atoms. The molecule has 2 amide bonds. The van der Waals surface area contributed by atoms with E-state index in [1.807, 2.05) is 0 Å². The van der Waals surface area contributed by atoms with E-state index in [1.54, 1.807) is 0 Å². The van der Waals surface area contributed by atoms with Gasteiger partial charge >= 0.3 is 0 Å². The average molecular weight is 197 g/mol. The molecule has 1 aliphatic heterocycles. The summed E-state index contributed by atoms with van der Waals surface area (Å²) in [6, 6.07) is 0. The molecule has 1 aliphatic rings. The molecule has 1 rings (SSSR count). The first-order valence-corrected chi connectivity index (χ1v) is 5.22. The van der Waals surface area contributed by atoms with Crippen LogP contribution in [0.4, 0.5) is 0 Å². The molecular weight excluding hydrogens is 178 g/mol. The lowest BCUT2D eigenvalue weighted by Gasteiger charge is -2.24. The van der Waals surface area contributed by atoms with E-state index < -0.39 is 0 Å². The van der Waals surface area contributed by atoms with Crippen molar-refractivity contribution in [2.45, 2.75) is 46.5 Å². The lowest BCUT2D eigenvalue weighted by molar-refractivity contribution is -0.136. The molecule has 0 aromatic carbocycles. The Balaban J connectivity index is 2.39. The standard InChI is InChI=1S/C11H19NO2/c1-11(2,3)7-6-8-4-5-9(13)12-10(8)14/h8H,4-7H2,1-3H3,(H,12,13,14). The molecule has 1 heterocycles. The van der Waals surface area contributed by atoms with Gasteiger partial charge in [-0.3, -0.25) is 14.9 Å². The van der Waals surface area contributed by atoms with Crippen molar-refractivity contribution in [1.82, 2.24) is 5.32 Å². The lowest BCUT2D eigenvalue weighted by Crippen LogP contribution is -2.40. The summed E-state index contributed by atoms with van der Waals surface area (Å²) in [4.78, 5) is 22.3. The molecule has 1 N–H and O–H groups in total. The van der Waals surface area contributed by atoms with Gasteiger partial charge in [0.15, 0.2) is 0 Å². The van der Waals surface area contributed by atoms with E-state index in [1.165, 1.54) is 0 Å². The van der Waals surface area contributed by atoms with Crippen LogP contribution in [0.1, 0.15) is 46.5 Å². The second kappa shape index (κ2) is 4.11. The molecule has 3 heteroatoms. The van der Waals surface area contributed by atoms with Crippen molar-refractivity contribution in [2.75, 3.05) is 0 Å². The third kappa shape index (κ3) is 3.48. The van der Waals surface area contributed by atoms with Gasteiger partial charge in [0.05, 0.1) is 0 Å². The van der Waals surface area contributed by atoms with Crippen molar-refractivity contribution in [1.29, 1.82) is 0 Å². The Hall–Kier alpha value is -0.860. The number of rotatable bonds is 2. The van der Waals surface area contributed by atoms with Crippen LogP contribution in [0.2, 0.25) is 0 Å². The van der Waals surface area contributed by atoms with Crippen molar-refractivity contribution in [3.8, 4) is 0 Å². The van der Waals surface area contributed by atoms with Crippen LogP contribution in [0, 0.1) is 11.3 Å². The molecule has 0 bridgehead atoms. The van der Waals surface area contributed by atoms with Crippen LogP contribution in [-0.4, -0.2) is 11.8 Å². The first-order chi connectivity index (χ1) is 6.38. The average Bonchev–Trinajstić information content (AvgIpc) is 2.00. The number of amides is 2. The maximum absolute atomic E-state index is 11.4. The molecule has 3 nitrogen and oxygen atoms in total. The molecular formula is C11H19NO2. The van der Waals surface area contributed by atoms with Gasteiger partial charge in [-0.05, 0) is 24.7 Å². The van der Waals surface area contributed by atoms with Gasteiger partial charge in [-0.1, -0.05) is 20.8 Å². The number of nitrogens with one attached hydrogen (secondary N) is 1. The molecule has 1 atom stereocenters. The molecule has 1 saturated heterocycles. The first kappa shape index (κ1) is 11.2. The fraction of sp³-hybridized carbons (Fsp3) is 0.818. The summed E-state index contributed by atoms with van der Waals surface area (Å²) in [6.45, 7) is 6.50. The Bertz CT molecular complexity index is 240. The SMILES string of the molecule is CC(C)(C)CCC1CCC(=O)NC1=O. The zero-order chi connectivity index (χ0) is 10.8. The van der Waals surface area contributed by atoms with Gasteiger partial charge in [0.2, 0.25) is 11.8 Å². The van der Waals surface area contributed by atoms with Gasteiger partial charge in [-0.15, -0.1) is 0 Å². The highest BCUT2D eigenvalue weighted by Gasteiger charge is 2.27. The Morgan fingerprint density at radius 1 is 1.36 bits per heavy atom. The zero-order valence-corrected chi connectivity index (χ0v) is 9.22. The topological polar surface area (TPSA) is 46.2 Å². The first-order valence-electron chi connectivity index (χ1n) is 5.22. The van der Waals surface area contributed by atoms with E-state index >= 15 is 0 Å². The van der Waals surface area contributed by atoms with Gasteiger partial charge in [0.25, 0.3) is 0 Å². The Labute approximate surface area is 85.3 Å². The minimum Gasteiger partial charge on any atom is -0.296 e. The minimum atomic E-state index is -0.123. The van der Waals surface area contributed by atoms with Gasteiger partial charge < -0.3 is 0 Å². The lowest BCUT2D eigenvalue weighted by atomic mass is 9.84. The highest BCUT2D eigenvalue weighted by Crippen LogP contribution is 2.26. The highest BCUT2D eigenvalue weighted by molar-refractivity contribution is 5.98. The van der Waals surface area contributed by atoms with Crippen LogP contribution in [0.15, 0.2) is 0 Å². The maximum Gasteiger partial charge on any atom is 0.229 e. The van der Waals surface area contributed by atoms with Gasteiger partial charge in [0, 0.05) is 12.3 Å². The molecule has 0 saturated carbocycles. The summed E-state index contributed by atoms with van der Waals surface area (Å²) in [7, 11) is 0. The van der Waals surface area contributed by atoms with Crippen molar-refractivity contribution in [2.24, 2.45) is 11.3 Å². The van der Waals surface area contributed by atoms with E-state index in [4.69, 9.17) is 0 Å². The number of hydrogen-bond donors (Lipinski definition) is 1. The van der Waals surface area contributed by atoms with Crippen LogP contribution in [0.25, 0.3) is 0 Å². The number of carbonyl (C=O) groups is 2. The third-order valence-electron chi connectivity index (χ3n) is 2.60. The quantitative estimate of drug-likeness (QED) is 0.687. The van der Waals surface area contributed by atoms with Crippen LogP contribution in [0.3, 0.4) is 0 Å². The number of hydrogen-bond acceptors (Lipinski definition) is 2. The van der Waals surface area contributed by atoms with Gasteiger partial charge in [0.1, 0.15) is 0 Å². The summed E-state index contributed by atoms with van der Waals surface area (Å²) in [5.74, 6) is -0.153. The molecule has 0 aromatic rings. The van der Waals surface area contributed by atoms with Crippen molar-refractivity contribution < 1.29 is 9.59 Å². The second-order valence-electron chi connectivity index (χ2n) is 5.25. The van der Waals surface area contributed by atoms with Crippen molar-refractivity contribution in [3.05, 3.63) is 0 Å². The monoisotopic (exact) mass is 197 g/mol. The van der Waals surface area contributed by atoms with E-state index in [2.05, 4.69) is 26.1 Å². The smallest absolute Gasteiger partial charge is 0.229 e. The van der Waals surface area contributed by atoms with Crippen LogP contribution in [0.5, 0.6) is 0 Å². The number of piperidine rings is 1. The minimum absolute atomic E-state index is 0.0481. The van der Waals surface area contributed by atoms with Gasteiger partial charge in [-0.25, -0.2) is 0 Å². The Kier molecular flexibility index (Phi) is 3.29. The maximum atomic E-state index is 11.4. The van der Waals surface area contributed by atoms with E-state index in [0.717, 1.165) is 19.3 Å². The fourth-order valence-electron chi connectivity index (χ4n) is 1.62. The van der Waals surface area contributed by atoms with E-state index in [-0.39, 0.29) is 23.1 Å². The molecule has 0 aromatic heterocycles. The summed E-state index contributed by atoms with van der Waals surface area (Å²) in [6.07, 6.45) is 3.14. The van der Waals surface area contributed by atoms with Crippen LogP contribution >= 0.6 is 0 Å². The largest absolute Gasteiger partial charge is 0.296 e. The zero-order valence-electron chi connectivity index (χ0n) is 9.22. The molecule has 0 aliphatic carbocycles. The number of carbonyl (C=O) groups excluding carboxylic acids is 2. The summed E-state index contributed by atoms with van der Waals surface area (Å²) in [5.41, 5.74) is 0.266. The molecule has 14 heavy (non-hydrogen) atoms. The summed E-state index contributed by atoms with van der Waals surface area (Å²) >= 11 is 0. The molecule has 0 radical (unpaired) electrons. The molecule has 1 unspecified atom stereocenters. The van der Waals surface area contributed by atoms with Crippen molar-refractivity contribution in [3.63, 3.8) is 0 Å². The Morgan fingerprint density at radius 3 is 2.50 bits per heavy atom. The van der Waals surface area contributed by atoms with Crippen molar-refractivity contribution >= 4 is 11.8 Å². The normalized spacial score (nSPS) is 23.5. The summed E-state index contributed by atoms with van der Waals surface area (Å²) < 4.78 is 0. The predicted octanol–water partition coefficient (Wildman–Crippen LogP) is 1.87. The molecule has 1 fully saturated rings. The Morgan fingerprint density at radius 2 is 2.00 bits per heavy atom. The fourth-order valence-corrected chi connectivity index (χ4v) is 1.62. The number of imide groups is 1. The molecule has 80 valence electrons. The van der Waals surface area contributed by atoms with E-state index in [0.29, 0.717) is 6.42 Å². The van der Waals surface area contributed by atoms with Crippen LogP contribution in [-0.2, 0) is 9.59 Å². The third-order valence-corrected chi connectivity index (χ3v) is 2.60. The second-order valence-corrected chi connectivity index (χ2v) is 5.25. The van der Waals surface area contributed by atoms with E-state index in [9.17, 15) is 9.59 Å². The predicted molar refractivity (Wildman–Crippen MR) is 54.6 cm³/mol. The summed E-state index contributed by atoms with van der Waals surface area (Å²) in [5, 5.41) is 2.39. The van der Waals surface area contributed by atoms with Crippen LogP contribution < -0.4 is 5.32 Å². The highest BCUT2D eigenvalue weighted by atomic mass is 16.2. The van der Waals surface area contributed by atoms with Gasteiger partial charge in [-0.2, -0.15) is 0 Å².